The van der Waals surface area contributed by atoms with Gasteiger partial charge in [-0.3, -0.25) is 4.79 Å². The van der Waals surface area contributed by atoms with Crippen LogP contribution in [0.25, 0.3) is 23.0 Å². The standard InChI is InChI=1S/C19H15ClN4O3/c20-14-7-5-13(6-8-14)18-22-19(27-23-18)16-4-1-9-24(16)12-17(25)21-11-15-3-2-10-26-15/h1-10H,11-12H2,(H,21,25). The van der Waals surface area contributed by atoms with Gasteiger partial charge in [-0.15, -0.1) is 0 Å². The van der Waals surface area contributed by atoms with Crippen molar-refractivity contribution in [3.63, 3.8) is 0 Å². The molecule has 1 N–H and O–H groups in total. The lowest BCUT2D eigenvalue weighted by Gasteiger charge is -2.07. The number of nitrogens with zero attached hydrogens (tertiary/aromatic N) is 3. The molecule has 0 unspecified atom stereocenters. The zero-order valence-corrected chi connectivity index (χ0v) is 14.9. The van der Waals surface area contributed by atoms with Crippen LogP contribution in [0.1, 0.15) is 5.76 Å². The maximum atomic E-state index is 12.2. The van der Waals surface area contributed by atoms with Crippen molar-refractivity contribution in [2.45, 2.75) is 13.1 Å². The fourth-order valence-corrected chi connectivity index (χ4v) is 2.73. The molecule has 4 aromatic rings. The number of furan rings is 1. The van der Waals surface area contributed by atoms with Gasteiger partial charge in [-0.1, -0.05) is 16.8 Å². The molecule has 7 nitrogen and oxygen atoms in total. The number of hydrogen-bond donors (Lipinski definition) is 1. The number of rotatable bonds is 6. The van der Waals surface area contributed by atoms with E-state index in [1.807, 2.05) is 24.3 Å². The predicted molar refractivity (Wildman–Crippen MR) is 98.7 cm³/mol. The van der Waals surface area contributed by atoms with Gasteiger partial charge in [-0.05, 0) is 48.5 Å². The number of carbonyl (C=O) groups is 1. The number of amides is 1. The van der Waals surface area contributed by atoms with Crippen LogP contribution in [0.2, 0.25) is 5.02 Å². The second-order valence-electron chi connectivity index (χ2n) is 5.81. The highest BCUT2D eigenvalue weighted by Crippen LogP contribution is 2.23. The average molecular weight is 383 g/mol. The Kier molecular flexibility index (Phi) is 4.76. The number of benzene rings is 1. The zero-order valence-electron chi connectivity index (χ0n) is 14.1. The van der Waals surface area contributed by atoms with Gasteiger partial charge in [-0.2, -0.15) is 4.98 Å². The van der Waals surface area contributed by atoms with Crippen LogP contribution in [-0.4, -0.2) is 20.6 Å². The number of halogens is 1. The first kappa shape index (κ1) is 17.1. The molecule has 0 aliphatic heterocycles. The monoisotopic (exact) mass is 382 g/mol. The topological polar surface area (TPSA) is 86.1 Å². The summed E-state index contributed by atoms with van der Waals surface area (Å²) in [5, 5.41) is 7.45. The molecule has 3 heterocycles. The van der Waals surface area contributed by atoms with Crippen molar-refractivity contribution in [1.29, 1.82) is 0 Å². The highest BCUT2D eigenvalue weighted by molar-refractivity contribution is 6.30. The molecule has 0 bridgehead atoms. The summed E-state index contributed by atoms with van der Waals surface area (Å²) in [4.78, 5) is 16.6. The van der Waals surface area contributed by atoms with Crippen molar-refractivity contribution < 1.29 is 13.7 Å². The van der Waals surface area contributed by atoms with Gasteiger partial charge in [0.05, 0.1) is 12.8 Å². The minimum Gasteiger partial charge on any atom is -0.467 e. The largest absolute Gasteiger partial charge is 0.467 e. The first-order chi connectivity index (χ1) is 13.2. The second kappa shape index (κ2) is 7.51. The fraction of sp³-hybridized carbons (Fsp3) is 0.105. The molecule has 0 saturated heterocycles. The zero-order chi connectivity index (χ0) is 18.6. The third-order valence-corrected chi connectivity index (χ3v) is 4.18. The minimum atomic E-state index is -0.152. The van der Waals surface area contributed by atoms with Crippen molar-refractivity contribution >= 4 is 17.5 Å². The Morgan fingerprint density at radius 2 is 2.00 bits per heavy atom. The molecule has 0 aliphatic rings. The van der Waals surface area contributed by atoms with E-state index in [1.165, 1.54) is 0 Å². The van der Waals surface area contributed by atoms with E-state index in [0.717, 1.165) is 5.56 Å². The molecule has 0 radical (unpaired) electrons. The van der Waals surface area contributed by atoms with E-state index in [1.54, 1.807) is 41.3 Å². The summed E-state index contributed by atoms with van der Waals surface area (Å²) in [5.74, 6) is 1.34. The molecule has 0 fully saturated rings. The Morgan fingerprint density at radius 1 is 1.15 bits per heavy atom. The third-order valence-electron chi connectivity index (χ3n) is 3.93. The first-order valence-electron chi connectivity index (χ1n) is 8.23. The van der Waals surface area contributed by atoms with Crippen LogP contribution in [0, 0.1) is 0 Å². The second-order valence-corrected chi connectivity index (χ2v) is 6.24. The Balaban J connectivity index is 1.47. The highest BCUT2D eigenvalue weighted by Gasteiger charge is 2.15. The van der Waals surface area contributed by atoms with Crippen molar-refractivity contribution in [3.05, 3.63) is 71.8 Å². The van der Waals surface area contributed by atoms with E-state index in [0.29, 0.717) is 34.7 Å². The summed E-state index contributed by atoms with van der Waals surface area (Å²) in [7, 11) is 0. The van der Waals surface area contributed by atoms with E-state index in [9.17, 15) is 4.79 Å². The average Bonchev–Trinajstić information content (AvgIpc) is 3.42. The molecule has 0 aliphatic carbocycles. The first-order valence-corrected chi connectivity index (χ1v) is 8.61. The smallest absolute Gasteiger partial charge is 0.274 e. The maximum absolute atomic E-state index is 12.2. The molecule has 4 rings (SSSR count). The van der Waals surface area contributed by atoms with E-state index in [2.05, 4.69) is 15.5 Å². The van der Waals surface area contributed by atoms with Gasteiger partial charge >= 0.3 is 0 Å². The summed E-state index contributed by atoms with van der Waals surface area (Å²) in [6.45, 7) is 0.464. The summed E-state index contributed by atoms with van der Waals surface area (Å²) >= 11 is 5.90. The predicted octanol–water partition coefficient (Wildman–Crippen LogP) is 3.77. The number of aromatic nitrogens is 3. The van der Waals surface area contributed by atoms with Gasteiger partial charge in [0.1, 0.15) is 18.0 Å². The Bertz CT molecular complexity index is 1040. The van der Waals surface area contributed by atoms with Crippen molar-refractivity contribution in [2.24, 2.45) is 0 Å². The Morgan fingerprint density at radius 3 is 2.78 bits per heavy atom. The van der Waals surface area contributed by atoms with Gasteiger partial charge in [0.2, 0.25) is 11.7 Å². The molecule has 0 spiro atoms. The molecule has 1 aromatic carbocycles. The normalized spacial score (nSPS) is 10.9. The van der Waals surface area contributed by atoms with Crippen LogP contribution < -0.4 is 5.32 Å². The minimum absolute atomic E-state index is 0.127. The number of hydrogen-bond acceptors (Lipinski definition) is 5. The molecular formula is C19H15ClN4O3. The molecule has 27 heavy (non-hydrogen) atoms. The van der Waals surface area contributed by atoms with Gasteiger partial charge < -0.3 is 18.8 Å². The quantitative estimate of drug-likeness (QED) is 0.548. The van der Waals surface area contributed by atoms with Crippen LogP contribution >= 0.6 is 11.6 Å². The summed E-state index contributed by atoms with van der Waals surface area (Å²) in [6, 6.07) is 14.4. The number of nitrogens with one attached hydrogen (secondary N) is 1. The molecule has 0 atom stereocenters. The lowest BCUT2D eigenvalue weighted by molar-refractivity contribution is -0.121. The maximum Gasteiger partial charge on any atom is 0.274 e. The van der Waals surface area contributed by atoms with Crippen LogP contribution in [0.5, 0.6) is 0 Å². The molecule has 8 heteroatoms. The lowest BCUT2D eigenvalue weighted by atomic mass is 10.2. The molecule has 3 aromatic heterocycles. The highest BCUT2D eigenvalue weighted by atomic mass is 35.5. The van der Waals surface area contributed by atoms with Gasteiger partial charge in [-0.25, -0.2) is 0 Å². The fourth-order valence-electron chi connectivity index (χ4n) is 2.60. The van der Waals surface area contributed by atoms with Gasteiger partial charge in [0, 0.05) is 16.8 Å². The van der Waals surface area contributed by atoms with Crippen LogP contribution in [0.3, 0.4) is 0 Å². The van der Waals surface area contributed by atoms with E-state index in [-0.39, 0.29) is 12.5 Å². The summed E-state index contributed by atoms with van der Waals surface area (Å²) in [6.07, 6.45) is 3.35. The molecular weight excluding hydrogens is 368 g/mol. The van der Waals surface area contributed by atoms with Crippen LogP contribution in [0.4, 0.5) is 0 Å². The van der Waals surface area contributed by atoms with Crippen molar-refractivity contribution in [2.75, 3.05) is 0 Å². The SMILES string of the molecule is O=C(Cn1cccc1-c1nc(-c2ccc(Cl)cc2)no1)NCc1ccco1. The van der Waals surface area contributed by atoms with Crippen LogP contribution in [0.15, 0.2) is 69.9 Å². The van der Waals surface area contributed by atoms with E-state index < -0.39 is 0 Å². The van der Waals surface area contributed by atoms with Crippen molar-refractivity contribution in [1.82, 2.24) is 20.0 Å². The Hall–Kier alpha value is -3.32. The van der Waals surface area contributed by atoms with Crippen LogP contribution in [-0.2, 0) is 17.9 Å². The summed E-state index contributed by atoms with van der Waals surface area (Å²) in [5.41, 5.74) is 1.46. The molecule has 0 saturated carbocycles. The van der Waals surface area contributed by atoms with E-state index >= 15 is 0 Å². The van der Waals surface area contributed by atoms with E-state index in [4.69, 9.17) is 20.5 Å². The van der Waals surface area contributed by atoms with Gasteiger partial charge in [0.15, 0.2) is 0 Å². The Labute approximate surface area is 159 Å². The van der Waals surface area contributed by atoms with Gasteiger partial charge in [0.25, 0.3) is 5.89 Å². The number of carbonyl (C=O) groups excluding carboxylic acids is 1. The molecule has 136 valence electrons. The third kappa shape index (κ3) is 3.93. The lowest BCUT2D eigenvalue weighted by Crippen LogP contribution is -2.26. The molecule has 1 amide bonds. The summed E-state index contributed by atoms with van der Waals surface area (Å²) < 4.78 is 12.3. The van der Waals surface area contributed by atoms with Crippen molar-refractivity contribution in [3.8, 4) is 23.0 Å².